The van der Waals surface area contributed by atoms with Crippen molar-refractivity contribution in [2.24, 2.45) is 0 Å². The molecule has 8 heavy (non-hydrogen) atoms. The number of hydrogen-bond acceptors (Lipinski definition) is 3. The van der Waals surface area contributed by atoms with Gasteiger partial charge in [-0.25, -0.2) is 0 Å². The first-order chi connectivity index (χ1) is 3.84. The summed E-state index contributed by atoms with van der Waals surface area (Å²) in [6, 6.07) is 1.69. The first-order valence-electron chi connectivity index (χ1n) is 2.11. The monoisotopic (exact) mass is 127 g/mol. The Balaban J connectivity index is 3.09. The second-order valence-electron chi connectivity index (χ2n) is 1.33. The second kappa shape index (κ2) is 2.05. The average molecular weight is 127 g/mol. The zero-order valence-electron chi connectivity index (χ0n) is 4.09. The third-order valence-electron chi connectivity index (χ3n) is 0.830. The molecule has 0 aromatic carbocycles. The lowest BCUT2D eigenvalue weighted by Gasteiger charge is -1.79. The van der Waals surface area contributed by atoms with Crippen LogP contribution >= 0.6 is 12.6 Å². The van der Waals surface area contributed by atoms with Gasteiger partial charge in [0.1, 0.15) is 0 Å². The standard InChI is InChI=1S/C5H5NOS/c6-3-4-1-2-7-5(4)8/h1-3,6,8H. The zero-order chi connectivity index (χ0) is 5.98. The highest BCUT2D eigenvalue weighted by Gasteiger charge is 1.94. The molecule has 0 fully saturated rings. The molecular formula is C5H5NOS. The Morgan fingerprint density at radius 1 is 1.75 bits per heavy atom. The maximum Gasteiger partial charge on any atom is 0.165 e. The van der Waals surface area contributed by atoms with Crippen molar-refractivity contribution in [3.05, 3.63) is 17.9 Å². The fourth-order valence-corrected chi connectivity index (χ4v) is 0.621. The summed E-state index contributed by atoms with van der Waals surface area (Å²) >= 11 is 3.91. The van der Waals surface area contributed by atoms with E-state index in [1.807, 2.05) is 0 Å². The van der Waals surface area contributed by atoms with Crippen molar-refractivity contribution in [2.45, 2.75) is 5.09 Å². The Bertz CT molecular complexity index is 194. The molecule has 0 bridgehead atoms. The number of nitrogens with one attached hydrogen (secondary N) is 1. The predicted octanol–water partition coefficient (Wildman–Crippen LogP) is 1.57. The molecule has 0 amide bonds. The molecule has 0 spiro atoms. The highest BCUT2D eigenvalue weighted by molar-refractivity contribution is 7.80. The lowest BCUT2D eigenvalue weighted by atomic mass is 10.4. The molecule has 3 heteroatoms. The van der Waals surface area contributed by atoms with Gasteiger partial charge in [-0.15, -0.1) is 12.6 Å². The van der Waals surface area contributed by atoms with Crippen LogP contribution in [0.2, 0.25) is 0 Å². The SMILES string of the molecule is N=Cc1ccoc1S. The summed E-state index contributed by atoms with van der Waals surface area (Å²) in [6.45, 7) is 0. The van der Waals surface area contributed by atoms with E-state index in [1.165, 1.54) is 12.5 Å². The maximum atomic E-state index is 6.77. The Morgan fingerprint density at radius 3 is 2.75 bits per heavy atom. The Labute approximate surface area is 52.4 Å². The minimum Gasteiger partial charge on any atom is -0.458 e. The summed E-state index contributed by atoms with van der Waals surface area (Å²) in [4.78, 5) is 0. The van der Waals surface area contributed by atoms with E-state index >= 15 is 0 Å². The lowest BCUT2D eigenvalue weighted by Crippen LogP contribution is -1.70. The molecule has 1 N–H and O–H groups in total. The van der Waals surface area contributed by atoms with Crippen molar-refractivity contribution in [2.75, 3.05) is 0 Å². The molecule has 1 rings (SSSR count). The summed E-state index contributed by atoms with van der Waals surface area (Å²) in [5.74, 6) is 0. The van der Waals surface area contributed by atoms with Gasteiger partial charge in [0.25, 0.3) is 0 Å². The molecule has 0 atom stereocenters. The van der Waals surface area contributed by atoms with Crippen molar-refractivity contribution in [1.82, 2.24) is 0 Å². The first-order valence-corrected chi connectivity index (χ1v) is 2.56. The average Bonchev–Trinajstić information content (AvgIpc) is 2.14. The molecular weight excluding hydrogens is 122 g/mol. The van der Waals surface area contributed by atoms with Gasteiger partial charge in [-0.1, -0.05) is 0 Å². The molecule has 42 valence electrons. The molecule has 0 unspecified atom stereocenters. The van der Waals surface area contributed by atoms with Crippen LogP contribution in [0.3, 0.4) is 0 Å². The van der Waals surface area contributed by atoms with Gasteiger partial charge in [0.2, 0.25) is 0 Å². The van der Waals surface area contributed by atoms with Gasteiger partial charge in [0.05, 0.1) is 6.26 Å². The highest BCUT2D eigenvalue weighted by Crippen LogP contribution is 2.10. The lowest BCUT2D eigenvalue weighted by molar-refractivity contribution is 0.475. The van der Waals surface area contributed by atoms with Gasteiger partial charge in [-0.05, 0) is 6.07 Å². The topological polar surface area (TPSA) is 37.0 Å². The van der Waals surface area contributed by atoms with Crippen LogP contribution in [0, 0.1) is 5.41 Å². The predicted molar refractivity (Wildman–Crippen MR) is 33.8 cm³/mol. The molecule has 0 aliphatic carbocycles. The third kappa shape index (κ3) is 0.767. The number of furan rings is 1. The van der Waals surface area contributed by atoms with Gasteiger partial charge >= 0.3 is 0 Å². The minimum atomic E-state index is 0.500. The van der Waals surface area contributed by atoms with Crippen LogP contribution in [0.5, 0.6) is 0 Å². The Kier molecular flexibility index (Phi) is 1.39. The molecule has 0 saturated carbocycles. The van der Waals surface area contributed by atoms with Crippen molar-refractivity contribution in [3.8, 4) is 0 Å². The zero-order valence-corrected chi connectivity index (χ0v) is 4.98. The number of hydrogen-bond donors (Lipinski definition) is 2. The molecule has 0 saturated heterocycles. The second-order valence-corrected chi connectivity index (χ2v) is 1.73. The van der Waals surface area contributed by atoms with Crippen molar-refractivity contribution in [3.63, 3.8) is 0 Å². The summed E-state index contributed by atoms with van der Waals surface area (Å²) in [5.41, 5.74) is 0.716. The first kappa shape index (κ1) is 5.44. The molecule has 0 aliphatic heterocycles. The van der Waals surface area contributed by atoms with E-state index in [2.05, 4.69) is 12.6 Å². The molecule has 2 nitrogen and oxygen atoms in total. The van der Waals surface area contributed by atoms with Crippen molar-refractivity contribution in [1.29, 1.82) is 5.41 Å². The van der Waals surface area contributed by atoms with E-state index in [9.17, 15) is 0 Å². The third-order valence-corrected chi connectivity index (χ3v) is 1.19. The summed E-state index contributed by atoms with van der Waals surface area (Å²) in [6.07, 6.45) is 2.70. The minimum absolute atomic E-state index is 0.500. The van der Waals surface area contributed by atoms with Crippen LogP contribution in [0.1, 0.15) is 5.56 Å². The van der Waals surface area contributed by atoms with Crippen LogP contribution in [-0.4, -0.2) is 6.21 Å². The highest BCUT2D eigenvalue weighted by atomic mass is 32.1. The van der Waals surface area contributed by atoms with Gasteiger partial charge in [-0.3, -0.25) is 0 Å². The fourth-order valence-electron chi connectivity index (χ4n) is 0.421. The summed E-state index contributed by atoms with van der Waals surface area (Å²) in [7, 11) is 0. The molecule has 0 radical (unpaired) electrons. The largest absolute Gasteiger partial charge is 0.458 e. The van der Waals surface area contributed by atoms with Crippen LogP contribution in [-0.2, 0) is 0 Å². The van der Waals surface area contributed by atoms with E-state index in [4.69, 9.17) is 9.83 Å². The number of rotatable bonds is 1. The van der Waals surface area contributed by atoms with E-state index in [-0.39, 0.29) is 0 Å². The van der Waals surface area contributed by atoms with Crippen LogP contribution in [0.25, 0.3) is 0 Å². The smallest absolute Gasteiger partial charge is 0.165 e. The molecule has 1 heterocycles. The number of thiol groups is 1. The quantitative estimate of drug-likeness (QED) is 0.436. The van der Waals surface area contributed by atoms with Gasteiger partial charge in [0, 0.05) is 11.8 Å². The van der Waals surface area contributed by atoms with Crippen LogP contribution in [0.15, 0.2) is 21.8 Å². The van der Waals surface area contributed by atoms with Gasteiger partial charge < -0.3 is 9.83 Å². The molecule has 1 aromatic rings. The fraction of sp³-hybridized carbons (Fsp3) is 0. The molecule has 0 aliphatic rings. The van der Waals surface area contributed by atoms with Crippen molar-refractivity contribution >= 4 is 18.8 Å². The van der Waals surface area contributed by atoms with E-state index in [0.29, 0.717) is 10.7 Å². The van der Waals surface area contributed by atoms with Crippen LogP contribution in [0.4, 0.5) is 0 Å². The van der Waals surface area contributed by atoms with E-state index in [0.717, 1.165) is 0 Å². The summed E-state index contributed by atoms with van der Waals surface area (Å²) in [5, 5.41) is 7.27. The van der Waals surface area contributed by atoms with E-state index < -0.39 is 0 Å². The summed E-state index contributed by atoms with van der Waals surface area (Å²) < 4.78 is 4.77. The Hall–Kier alpha value is -0.700. The Morgan fingerprint density at radius 2 is 2.50 bits per heavy atom. The molecule has 1 aromatic heterocycles. The van der Waals surface area contributed by atoms with E-state index in [1.54, 1.807) is 6.07 Å². The normalized spacial score (nSPS) is 9.12. The van der Waals surface area contributed by atoms with Gasteiger partial charge in [-0.2, -0.15) is 0 Å². The maximum absolute atomic E-state index is 6.77. The van der Waals surface area contributed by atoms with Crippen molar-refractivity contribution < 1.29 is 4.42 Å². The van der Waals surface area contributed by atoms with Gasteiger partial charge in [0.15, 0.2) is 5.09 Å². The van der Waals surface area contributed by atoms with Crippen LogP contribution < -0.4 is 0 Å².